The van der Waals surface area contributed by atoms with Gasteiger partial charge in [0.05, 0.1) is 4.90 Å². The SMILES string of the molecule is N#Cc1cc2cnc(Nc3ccc(S(N)(=O)=O)cc3)nc2n(C2CCCC2)c1=O. The van der Waals surface area contributed by atoms with Crippen molar-refractivity contribution in [1.29, 1.82) is 5.26 Å². The van der Waals surface area contributed by atoms with Gasteiger partial charge in [-0.25, -0.2) is 18.5 Å². The molecular weight excluding hydrogens is 392 g/mol. The molecule has 0 unspecified atom stereocenters. The molecule has 10 heteroatoms. The van der Waals surface area contributed by atoms with Crippen LogP contribution >= 0.6 is 0 Å². The van der Waals surface area contributed by atoms with Gasteiger partial charge in [-0.05, 0) is 43.2 Å². The molecule has 1 aliphatic rings. The second kappa shape index (κ2) is 7.27. The van der Waals surface area contributed by atoms with Crippen LogP contribution in [0.4, 0.5) is 11.6 Å². The zero-order valence-electron chi connectivity index (χ0n) is 15.4. The fourth-order valence-corrected chi connectivity index (χ4v) is 4.13. The van der Waals surface area contributed by atoms with Gasteiger partial charge in [0, 0.05) is 23.3 Å². The molecule has 4 rings (SSSR count). The lowest BCUT2D eigenvalue weighted by atomic mass is 10.2. The first-order valence-corrected chi connectivity index (χ1v) is 10.6. The van der Waals surface area contributed by atoms with Crippen LogP contribution in [0.15, 0.2) is 46.2 Å². The highest BCUT2D eigenvalue weighted by Gasteiger charge is 2.22. The highest BCUT2D eigenvalue weighted by molar-refractivity contribution is 7.89. The van der Waals surface area contributed by atoms with E-state index in [1.165, 1.54) is 18.2 Å². The number of nitriles is 1. The van der Waals surface area contributed by atoms with E-state index in [4.69, 9.17) is 5.14 Å². The predicted octanol–water partition coefficient (Wildman–Crippen LogP) is 2.17. The molecule has 3 aromatic rings. The highest BCUT2D eigenvalue weighted by atomic mass is 32.2. The number of anilines is 2. The number of hydrogen-bond donors (Lipinski definition) is 2. The molecule has 148 valence electrons. The summed E-state index contributed by atoms with van der Waals surface area (Å²) < 4.78 is 24.4. The summed E-state index contributed by atoms with van der Waals surface area (Å²) in [6, 6.07) is 9.34. The minimum absolute atomic E-state index is 0.00147. The molecule has 1 aromatic carbocycles. The van der Waals surface area contributed by atoms with Crippen molar-refractivity contribution in [3.8, 4) is 6.07 Å². The van der Waals surface area contributed by atoms with E-state index in [1.807, 2.05) is 6.07 Å². The topological polar surface area (TPSA) is 144 Å². The Morgan fingerprint density at radius 1 is 1.21 bits per heavy atom. The third kappa shape index (κ3) is 3.70. The molecule has 0 bridgehead atoms. The van der Waals surface area contributed by atoms with E-state index < -0.39 is 10.0 Å². The molecule has 1 saturated carbocycles. The Bertz CT molecular complexity index is 1290. The van der Waals surface area contributed by atoms with E-state index in [1.54, 1.807) is 22.9 Å². The maximum absolute atomic E-state index is 12.8. The van der Waals surface area contributed by atoms with Gasteiger partial charge in [-0.15, -0.1) is 0 Å². The molecule has 0 aliphatic heterocycles. The maximum atomic E-state index is 12.8. The van der Waals surface area contributed by atoms with Crippen molar-refractivity contribution in [2.24, 2.45) is 5.14 Å². The minimum atomic E-state index is -3.77. The van der Waals surface area contributed by atoms with Crippen LogP contribution in [0.3, 0.4) is 0 Å². The number of fused-ring (bicyclic) bond motifs is 1. The van der Waals surface area contributed by atoms with Gasteiger partial charge in [-0.3, -0.25) is 9.36 Å². The van der Waals surface area contributed by atoms with Gasteiger partial charge >= 0.3 is 0 Å². The van der Waals surface area contributed by atoms with Crippen molar-refractivity contribution in [3.63, 3.8) is 0 Å². The van der Waals surface area contributed by atoms with Crippen LogP contribution in [-0.4, -0.2) is 23.0 Å². The Morgan fingerprint density at radius 2 is 1.90 bits per heavy atom. The van der Waals surface area contributed by atoms with Crippen molar-refractivity contribution in [2.45, 2.75) is 36.6 Å². The van der Waals surface area contributed by atoms with Crippen LogP contribution in [0.1, 0.15) is 37.3 Å². The Balaban J connectivity index is 1.76. The van der Waals surface area contributed by atoms with Crippen LogP contribution < -0.4 is 16.0 Å². The van der Waals surface area contributed by atoms with Crippen LogP contribution in [0.5, 0.6) is 0 Å². The van der Waals surface area contributed by atoms with Crippen molar-refractivity contribution in [1.82, 2.24) is 14.5 Å². The average molecular weight is 410 g/mol. The number of hydrogen-bond acceptors (Lipinski definition) is 7. The van der Waals surface area contributed by atoms with Gasteiger partial charge < -0.3 is 5.32 Å². The number of aromatic nitrogens is 3. The monoisotopic (exact) mass is 410 g/mol. The lowest BCUT2D eigenvalue weighted by molar-refractivity contribution is 0.515. The Hall–Kier alpha value is -3.29. The molecule has 2 heterocycles. The Labute approximate surface area is 166 Å². The second-order valence-corrected chi connectivity index (χ2v) is 8.51. The number of nitrogens with two attached hydrogens (primary N) is 1. The summed E-state index contributed by atoms with van der Waals surface area (Å²) in [7, 11) is -3.77. The zero-order chi connectivity index (χ0) is 20.6. The molecule has 3 N–H and O–H groups in total. The molecule has 1 fully saturated rings. The molecule has 2 aromatic heterocycles. The summed E-state index contributed by atoms with van der Waals surface area (Å²) in [5.41, 5.74) is 0.779. The third-order valence-corrected chi connectivity index (χ3v) is 5.95. The standard InChI is InChI=1S/C19H18N6O3S/c20-10-12-9-13-11-22-19(23-14-5-7-16(8-6-14)29(21,27)28)24-17(13)25(18(12)26)15-3-1-2-4-15/h5-9,11,15H,1-4H2,(H2,21,27,28)(H,22,23,24). The molecule has 1 aliphatic carbocycles. The number of rotatable bonds is 4. The molecule has 29 heavy (non-hydrogen) atoms. The Kier molecular flexibility index (Phi) is 4.77. The summed E-state index contributed by atoms with van der Waals surface area (Å²) >= 11 is 0. The lowest BCUT2D eigenvalue weighted by Crippen LogP contribution is -2.26. The quantitative estimate of drug-likeness (QED) is 0.670. The molecule has 0 saturated heterocycles. The summed E-state index contributed by atoms with van der Waals surface area (Å²) in [6.07, 6.45) is 5.36. The lowest BCUT2D eigenvalue weighted by Gasteiger charge is -2.17. The first kappa shape index (κ1) is 19.0. The molecule has 0 radical (unpaired) electrons. The van der Waals surface area contributed by atoms with Gasteiger partial charge in [-0.1, -0.05) is 12.8 Å². The van der Waals surface area contributed by atoms with Crippen LogP contribution in [0.2, 0.25) is 0 Å². The van der Waals surface area contributed by atoms with Crippen molar-refractivity contribution < 1.29 is 8.42 Å². The first-order chi connectivity index (χ1) is 13.9. The number of sulfonamides is 1. The molecule has 0 atom stereocenters. The van der Waals surface area contributed by atoms with E-state index in [2.05, 4.69) is 15.3 Å². The summed E-state index contributed by atoms with van der Waals surface area (Å²) in [5, 5.41) is 18.0. The van der Waals surface area contributed by atoms with Gasteiger partial charge in [0.25, 0.3) is 5.56 Å². The summed E-state index contributed by atoms with van der Waals surface area (Å²) in [4.78, 5) is 21.6. The minimum Gasteiger partial charge on any atom is -0.324 e. The van der Waals surface area contributed by atoms with Crippen LogP contribution in [-0.2, 0) is 10.0 Å². The average Bonchev–Trinajstić information content (AvgIpc) is 3.21. The number of primary sulfonamides is 1. The van der Waals surface area contributed by atoms with E-state index in [-0.39, 0.29) is 28.0 Å². The predicted molar refractivity (Wildman–Crippen MR) is 107 cm³/mol. The molecule has 0 spiro atoms. The largest absolute Gasteiger partial charge is 0.324 e. The normalized spacial score (nSPS) is 14.8. The fraction of sp³-hybridized carbons (Fsp3) is 0.263. The Morgan fingerprint density at radius 3 is 2.52 bits per heavy atom. The first-order valence-electron chi connectivity index (χ1n) is 9.09. The van der Waals surface area contributed by atoms with Gasteiger partial charge in [0.15, 0.2) is 0 Å². The van der Waals surface area contributed by atoms with Crippen molar-refractivity contribution >= 4 is 32.7 Å². The molecular formula is C19H18N6O3S. The summed E-state index contributed by atoms with van der Waals surface area (Å²) in [5.74, 6) is 0.261. The van der Waals surface area contributed by atoms with Crippen LogP contribution in [0, 0.1) is 11.3 Å². The van der Waals surface area contributed by atoms with E-state index in [9.17, 15) is 18.5 Å². The molecule has 0 amide bonds. The number of nitrogens with zero attached hydrogens (tertiary/aromatic N) is 4. The van der Waals surface area contributed by atoms with Crippen molar-refractivity contribution in [2.75, 3.05) is 5.32 Å². The second-order valence-electron chi connectivity index (χ2n) is 6.95. The summed E-state index contributed by atoms with van der Waals surface area (Å²) in [6.45, 7) is 0. The van der Waals surface area contributed by atoms with Crippen LogP contribution in [0.25, 0.3) is 11.0 Å². The molecule has 9 nitrogen and oxygen atoms in total. The third-order valence-electron chi connectivity index (χ3n) is 5.02. The van der Waals surface area contributed by atoms with E-state index in [0.717, 1.165) is 25.7 Å². The van der Waals surface area contributed by atoms with Gasteiger partial charge in [0.1, 0.15) is 17.3 Å². The van der Waals surface area contributed by atoms with Gasteiger partial charge in [-0.2, -0.15) is 10.2 Å². The smallest absolute Gasteiger partial charge is 0.270 e. The highest BCUT2D eigenvalue weighted by Crippen LogP contribution is 2.30. The fourth-order valence-electron chi connectivity index (χ4n) is 3.62. The van der Waals surface area contributed by atoms with Crippen molar-refractivity contribution in [3.05, 3.63) is 52.4 Å². The zero-order valence-corrected chi connectivity index (χ0v) is 16.2. The van der Waals surface area contributed by atoms with E-state index in [0.29, 0.717) is 16.7 Å². The number of pyridine rings is 1. The maximum Gasteiger partial charge on any atom is 0.270 e. The van der Waals surface area contributed by atoms with Gasteiger partial charge in [0.2, 0.25) is 16.0 Å². The number of benzene rings is 1. The van der Waals surface area contributed by atoms with E-state index >= 15 is 0 Å². The number of nitrogens with one attached hydrogen (secondary N) is 1.